The predicted molar refractivity (Wildman–Crippen MR) is 128 cm³/mol. The molecule has 0 fully saturated rings. The van der Waals surface area contributed by atoms with Crippen LogP contribution in [0.15, 0.2) is 57.4 Å². The number of hydrogen-bond donors (Lipinski definition) is 0. The molecule has 0 unspecified atom stereocenters. The average Bonchev–Trinajstić information content (AvgIpc) is 3.28. The van der Waals surface area contributed by atoms with Crippen LogP contribution in [0.25, 0.3) is 43.9 Å². The predicted octanol–water partition coefficient (Wildman–Crippen LogP) is 8.86. The van der Waals surface area contributed by atoms with E-state index < -0.39 is 0 Å². The van der Waals surface area contributed by atoms with Crippen molar-refractivity contribution in [3.8, 4) is 0 Å². The molecule has 0 aliphatic heterocycles. The van der Waals surface area contributed by atoms with Gasteiger partial charge in [-0.1, -0.05) is 65.8 Å². The molecule has 0 amide bonds. The van der Waals surface area contributed by atoms with Gasteiger partial charge in [-0.25, -0.2) is 0 Å². The van der Waals surface area contributed by atoms with Crippen LogP contribution in [0.5, 0.6) is 0 Å². The Balaban J connectivity index is 1.72. The molecule has 3 aromatic carbocycles. The Morgan fingerprint density at radius 1 is 0.533 bits per heavy atom. The number of hydrogen-bond acceptors (Lipinski definition) is 2. The van der Waals surface area contributed by atoms with Gasteiger partial charge in [0.15, 0.2) is 0 Å². The Bertz CT molecular complexity index is 1300. The van der Waals surface area contributed by atoms with Gasteiger partial charge in [-0.05, 0) is 59.1 Å². The van der Waals surface area contributed by atoms with Crippen molar-refractivity contribution in [2.75, 3.05) is 0 Å². The van der Waals surface area contributed by atoms with Crippen LogP contribution in [0, 0.1) is 0 Å². The molecule has 154 valence electrons. The Morgan fingerprint density at radius 2 is 0.900 bits per heavy atom. The molecule has 0 saturated heterocycles. The van der Waals surface area contributed by atoms with Crippen LogP contribution in [0.3, 0.4) is 0 Å². The first-order valence-corrected chi connectivity index (χ1v) is 11.1. The molecule has 5 aromatic rings. The second-order valence-electron chi connectivity index (χ2n) is 9.95. The molecular formula is C28H30O2. The average molecular weight is 399 g/mol. The lowest BCUT2D eigenvalue weighted by Gasteiger charge is -2.22. The normalized spacial score (nSPS) is 13.3. The number of benzene rings is 3. The monoisotopic (exact) mass is 398 g/mol. The molecular weight excluding hydrogens is 368 g/mol. The summed E-state index contributed by atoms with van der Waals surface area (Å²) in [6, 6.07) is 17.6. The fraction of sp³-hybridized carbons (Fsp3) is 0.357. The maximum Gasteiger partial charge on any atom is 0.136 e. The molecule has 0 aliphatic carbocycles. The van der Waals surface area contributed by atoms with Gasteiger partial charge in [0.1, 0.15) is 22.3 Å². The standard InChI is InChI=1S/C28H30O2/c1-7-27(3,4)17-9-11-19-21-15-26-22(16-25(21)29-23(19)13-17)20-12-10-18(14-24(20)30-26)28(5,6)8-2/h9-16H,7-8H2,1-6H3. The fourth-order valence-electron chi connectivity index (χ4n) is 4.30. The van der Waals surface area contributed by atoms with Crippen LogP contribution in [-0.4, -0.2) is 0 Å². The lowest BCUT2D eigenvalue weighted by atomic mass is 9.82. The van der Waals surface area contributed by atoms with Gasteiger partial charge in [0.25, 0.3) is 0 Å². The van der Waals surface area contributed by atoms with Crippen molar-refractivity contribution < 1.29 is 8.83 Å². The van der Waals surface area contributed by atoms with E-state index in [0.29, 0.717) is 0 Å². The lowest BCUT2D eigenvalue weighted by molar-refractivity contribution is 0.505. The Labute approximate surface area is 177 Å². The van der Waals surface area contributed by atoms with Crippen LogP contribution < -0.4 is 0 Å². The van der Waals surface area contributed by atoms with E-state index in [9.17, 15) is 0 Å². The van der Waals surface area contributed by atoms with Crippen molar-refractivity contribution in [2.24, 2.45) is 0 Å². The lowest BCUT2D eigenvalue weighted by Crippen LogP contribution is -2.14. The molecule has 2 nitrogen and oxygen atoms in total. The van der Waals surface area contributed by atoms with E-state index in [4.69, 9.17) is 8.83 Å². The van der Waals surface area contributed by atoms with Gasteiger partial charge in [0.05, 0.1) is 0 Å². The first-order valence-electron chi connectivity index (χ1n) is 11.1. The zero-order valence-electron chi connectivity index (χ0n) is 18.8. The molecule has 0 atom stereocenters. The molecule has 0 bridgehead atoms. The van der Waals surface area contributed by atoms with E-state index in [2.05, 4.69) is 90.1 Å². The smallest absolute Gasteiger partial charge is 0.136 e. The minimum Gasteiger partial charge on any atom is -0.456 e. The van der Waals surface area contributed by atoms with Crippen LogP contribution in [-0.2, 0) is 10.8 Å². The van der Waals surface area contributed by atoms with E-state index in [1.54, 1.807) is 0 Å². The summed E-state index contributed by atoms with van der Waals surface area (Å²) in [6.07, 6.45) is 2.18. The van der Waals surface area contributed by atoms with Crippen molar-refractivity contribution in [1.29, 1.82) is 0 Å². The van der Waals surface area contributed by atoms with Gasteiger partial charge in [-0.3, -0.25) is 0 Å². The van der Waals surface area contributed by atoms with Gasteiger partial charge >= 0.3 is 0 Å². The molecule has 2 heterocycles. The van der Waals surface area contributed by atoms with Crippen molar-refractivity contribution in [1.82, 2.24) is 0 Å². The van der Waals surface area contributed by atoms with E-state index in [1.807, 2.05) is 0 Å². The Hall–Kier alpha value is -2.74. The second-order valence-corrected chi connectivity index (χ2v) is 9.95. The largest absolute Gasteiger partial charge is 0.456 e. The van der Waals surface area contributed by atoms with Gasteiger partial charge in [-0.2, -0.15) is 0 Å². The molecule has 0 spiro atoms. The van der Waals surface area contributed by atoms with Gasteiger partial charge in [0.2, 0.25) is 0 Å². The number of furan rings is 2. The summed E-state index contributed by atoms with van der Waals surface area (Å²) < 4.78 is 12.6. The summed E-state index contributed by atoms with van der Waals surface area (Å²) in [5.74, 6) is 0. The minimum absolute atomic E-state index is 0.140. The quantitative estimate of drug-likeness (QED) is 0.302. The minimum atomic E-state index is 0.140. The van der Waals surface area contributed by atoms with Crippen molar-refractivity contribution in [3.05, 3.63) is 59.7 Å². The second kappa shape index (κ2) is 6.38. The fourth-order valence-corrected chi connectivity index (χ4v) is 4.30. The van der Waals surface area contributed by atoms with E-state index in [0.717, 1.165) is 56.7 Å². The summed E-state index contributed by atoms with van der Waals surface area (Å²) >= 11 is 0. The summed E-state index contributed by atoms with van der Waals surface area (Å²) in [5.41, 5.74) is 6.66. The van der Waals surface area contributed by atoms with Gasteiger partial charge < -0.3 is 8.83 Å². The topological polar surface area (TPSA) is 26.3 Å². The highest BCUT2D eigenvalue weighted by atomic mass is 16.3. The van der Waals surface area contributed by atoms with Crippen LogP contribution >= 0.6 is 0 Å². The van der Waals surface area contributed by atoms with Crippen LogP contribution in [0.1, 0.15) is 65.5 Å². The third kappa shape index (κ3) is 2.77. The molecule has 0 N–H and O–H groups in total. The Morgan fingerprint density at radius 3 is 1.27 bits per heavy atom. The number of fused-ring (bicyclic) bond motifs is 6. The van der Waals surface area contributed by atoms with Crippen molar-refractivity contribution in [2.45, 2.75) is 65.2 Å². The van der Waals surface area contributed by atoms with Crippen molar-refractivity contribution >= 4 is 43.9 Å². The van der Waals surface area contributed by atoms with E-state index in [-0.39, 0.29) is 10.8 Å². The van der Waals surface area contributed by atoms with E-state index >= 15 is 0 Å². The Kier molecular flexibility index (Phi) is 4.09. The summed E-state index contributed by atoms with van der Waals surface area (Å²) in [5, 5.41) is 4.53. The first kappa shape index (κ1) is 19.2. The highest BCUT2D eigenvalue weighted by molar-refractivity contribution is 6.14. The third-order valence-corrected chi connectivity index (χ3v) is 7.40. The molecule has 0 radical (unpaired) electrons. The first-order chi connectivity index (χ1) is 14.2. The van der Waals surface area contributed by atoms with Crippen molar-refractivity contribution in [3.63, 3.8) is 0 Å². The molecule has 0 saturated carbocycles. The summed E-state index contributed by atoms with van der Waals surface area (Å²) in [6.45, 7) is 13.6. The third-order valence-electron chi connectivity index (χ3n) is 7.40. The molecule has 2 aromatic heterocycles. The van der Waals surface area contributed by atoms with Crippen LogP contribution in [0.2, 0.25) is 0 Å². The molecule has 5 rings (SSSR count). The molecule has 2 heteroatoms. The maximum absolute atomic E-state index is 6.31. The van der Waals surface area contributed by atoms with Gasteiger partial charge in [0, 0.05) is 21.5 Å². The summed E-state index contributed by atoms with van der Waals surface area (Å²) in [7, 11) is 0. The zero-order valence-corrected chi connectivity index (χ0v) is 18.8. The summed E-state index contributed by atoms with van der Waals surface area (Å²) in [4.78, 5) is 0. The zero-order chi connectivity index (χ0) is 21.3. The highest BCUT2D eigenvalue weighted by Crippen LogP contribution is 2.39. The maximum atomic E-state index is 6.31. The molecule has 30 heavy (non-hydrogen) atoms. The highest BCUT2D eigenvalue weighted by Gasteiger charge is 2.22. The van der Waals surface area contributed by atoms with Gasteiger partial charge in [-0.15, -0.1) is 0 Å². The molecule has 0 aliphatic rings. The number of rotatable bonds is 4. The van der Waals surface area contributed by atoms with E-state index in [1.165, 1.54) is 11.1 Å². The van der Waals surface area contributed by atoms with Crippen LogP contribution in [0.4, 0.5) is 0 Å². The SMILES string of the molecule is CCC(C)(C)c1ccc2c(c1)oc1cc3c(cc12)oc1cc(C(C)(C)CC)ccc13.